The maximum absolute atomic E-state index is 11.9. The van der Waals surface area contributed by atoms with E-state index in [2.05, 4.69) is 10.5 Å². The van der Waals surface area contributed by atoms with E-state index in [1.807, 2.05) is 0 Å². The van der Waals surface area contributed by atoms with E-state index in [4.69, 9.17) is 10.1 Å². The van der Waals surface area contributed by atoms with Crippen LogP contribution >= 0.6 is 0 Å². The number of ether oxygens (including phenoxy) is 1. The molecule has 1 saturated heterocycles. The molecule has 0 unspecified atom stereocenters. The molecule has 1 aliphatic rings. The van der Waals surface area contributed by atoms with E-state index < -0.39 is 11.7 Å². The average molecular weight is 243 g/mol. The summed E-state index contributed by atoms with van der Waals surface area (Å²) >= 11 is 0. The lowest BCUT2D eigenvalue weighted by atomic mass is 10.2. The number of aliphatic hydroxyl groups is 1. The zero-order chi connectivity index (χ0) is 13.1. The van der Waals surface area contributed by atoms with Gasteiger partial charge in [0.05, 0.1) is 19.2 Å². The Kier molecular flexibility index (Phi) is 4.12. The number of carbonyl (C=O) groups is 1. The van der Waals surface area contributed by atoms with Crippen molar-refractivity contribution >= 4 is 6.09 Å². The van der Waals surface area contributed by atoms with E-state index in [1.54, 1.807) is 20.8 Å². The molecule has 0 aliphatic carbocycles. The van der Waals surface area contributed by atoms with Crippen LogP contribution in [0.4, 0.5) is 4.79 Å². The Balaban J connectivity index is 2.63. The summed E-state index contributed by atoms with van der Waals surface area (Å²) in [5.41, 5.74) is 1.91. The topological polar surface area (TPSA) is 90.0 Å². The monoisotopic (exact) mass is 243 g/mol. The molecule has 2 atom stereocenters. The zero-order valence-electron chi connectivity index (χ0n) is 10.4. The van der Waals surface area contributed by atoms with Crippen LogP contribution in [-0.2, 0) is 4.74 Å². The molecule has 1 fully saturated rings. The largest absolute Gasteiger partial charge is 0.444 e. The molecule has 0 aromatic heterocycles. The van der Waals surface area contributed by atoms with Crippen LogP contribution in [0.25, 0.3) is 5.08 Å². The van der Waals surface area contributed by atoms with E-state index in [-0.39, 0.29) is 18.7 Å². The first-order valence-corrected chi connectivity index (χ1v) is 5.57. The first-order valence-electron chi connectivity index (χ1n) is 5.57. The van der Waals surface area contributed by atoms with Gasteiger partial charge in [-0.15, -0.1) is 0 Å². The molecule has 2 N–H and O–H groups in total. The number of nitrogens with zero attached hydrogens (tertiary/aromatic N) is 3. The van der Waals surface area contributed by atoms with Crippen LogP contribution in [0.5, 0.6) is 0 Å². The number of nitrogens with one attached hydrogen (secondary N) is 1. The average Bonchev–Trinajstić information content (AvgIpc) is 2.59. The minimum Gasteiger partial charge on any atom is -0.444 e. The van der Waals surface area contributed by atoms with Crippen molar-refractivity contribution in [2.75, 3.05) is 13.2 Å². The Morgan fingerprint density at radius 2 is 2.29 bits per heavy atom. The number of carbonyl (C=O) groups excluding carboxylic acids is 1. The Bertz CT molecular complexity index is 320. The molecule has 1 amide bonds. The third-order valence-corrected chi connectivity index (χ3v) is 2.49. The number of diazo groups is 1. The van der Waals surface area contributed by atoms with Crippen molar-refractivity contribution in [3.8, 4) is 0 Å². The molecule has 0 aromatic rings. The molecule has 0 saturated carbocycles. The summed E-state index contributed by atoms with van der Waals surface area (Å²) in [6, 6.07) is -0.464. The number of amides is 1. The van der Waals surface area contributed by atoms with Crippen molar-refractivity contribution < 1.29 is 14.6 Å². The summed E-state index contributed by atoms with van der Waals surface area (Å²) in [5, 5.41) is 20.5. The highest BCUT2D eigenvalue weighted by Gasteiger charge is 2.39. The third kappa shape index (κ3) is 3.75. The predicted octanol–water partition coefficient (Wildman–Crippen LogP) is 0.714. The van der Waals surface area contributed by atoms with Crippen LogP contribution in [0.3, 0.4) is 0 Å². The van der Waals surface area contributed by atoms with Crippen LogP contribution in [0, 0.1) is 5.39 Å². The summed E-state index contributed by atoms with van der Waals surface area (Å²) in [4.78, 5) is 13.3. The summed E-state index contributed by atoms with van der Waals surface area (Å²) in [5.74, 6) is 0. The highest BCUT2D eigenvalue weighted by Crippen LogP contribution is 2.21. The van der Waals surface area contributed by atoms with Crippen LogP contribution in [0.1, 0.15) is 27.2 Å². The minimum absolute atomic E-state index is 0.136. The number of hydrogen-bond acceptors (Lipinski definition) is 5. The van der Waals surface area contributed by atoms with Gasteiger partial charge in [0.25, 0.3) is 5.39 Å². The van der Waals surface area contributed by atoms with Crippen LogP contribution in [0.2, 0.25) is 0 Å². The van der Waals surface area contributed by atoms with Crippen molar-refractivity contribution in [2.24, 2.45) is 0 Å². The lowest BCUT2D eigenvalue weighted by molar-refractivity contribution is 0.0174. The van der Waals surface area contributed by atoms with Crippen molar-refractivity contribution in [3.05, 3.63) is 5.08 Å². The molecule has 0 radical (unpaired) electrons. The SMILES string of the molecule is CC(C)(C)OC(=O)N1C[C@@H](N[N+]#N)C[C@H]1CO. The van der Waals surface area contributed by atoms with Gasteiger partial charge in [-0.05, 0) is 32.6 Å². The molecule has 96 valence electrons. The van der Waals surface area contributed by atoms with Gasteiger partial charge in [0.15, 0.2) is 0 Å². The Labute approximate surface area is 100 Å². The van der Waals surface area contributed by atoms with Gasteiger partial charge in [0.2, 0.25) is 0 Å². The van der Waals surface area contributed by atoms with Crippen molar-refractivity contribution in [1.82, 2.24) is 10.3 Å². The second kappa shape index (κ2) is 5.19. The number of hydrogen-bond donors (Lipinski definition) is 2. The van der Waals surface area contributed by atoms with Gasteiger partial charge < -0.3 is 14.7 Å². The first kappa shape index (κ1) is 13.5. The van der Waals surface area contributed by atoms with Gasteiger partial charge in [0, 0.05) is 0 Å². The summed E-state index contributed by atoms with van der Waals surface area (Å²) < 4.78 is 5.24. The molecule has 1 aliphatic heterocycles. The standard InChI is InChI=1S/C10H19N4O3/c1-10(2,3)17-9(16)14-5-7(12-13-11)4-8(14)6-15/h7-8,12,15H,4-6H2,1-3H3/q+1/t7-,8-/m0/s1. The molecule has 1 heterocycles. The van der Waals surface area contributed by atoms with Crippen molar-refractivity contribution in [2.45, 2.75) is 44.9 Å². The smallest absolute Gasteiger partial charge is 0.410 e. The van der Waals surface area contributed by atoms with E-state index in [1.165, 1.54) is 4.90 Å². The quantitative estimate of drug-likeness (QED) is 0.551. The summed E-state index contributed by atoms with van der Waals surface area (Å²) in [6.07, 6.45) is 0.0681. The molecule has 17 heavy (non-hydrogen) atoms. The molecule has 7 heteroatoms. The number of rotatable bonds is 2. The molecule has 0 aromatic carbocycles. The molecule has 0 bridgehead atoms. The fraction of sp³-hybridized carbons (Fsp3) is 0.900. The second-order valence-corrected chi connectivity index (χ2v) is 5.13. The summed E-state index contributed by atoms with van der Waals surface area (Å²) in [7, 11) is 0. The Morgan fingerprint density at radius 3 is 2.76 bits per heavy atom. The minimum atomic E-state index is -0.566. The maximum Gasteiger partial charge on any atom is 0.410 e. The third-order valence-electron chi connectivity index (χ3n) is 2.49. The van der Waals surface area contributed by atoms with E-state index >= 15 is 0 Å². The van der Waals surface area contributed by atoms with Gasteiger partial charge >= 0.3 is 11.2 Å². The Morgan fingerprint density at radius 1 is 1.65 bits per heavy atom. The Hall–Kier alpha value is -1.55. The normalized spacial score (nSPS) is 24.3. The van der Waals surface area contributed by atoms with Crippen LogP contribution in [-0.4, -0.2) is 46.9 Å². The van der Waals surface area contributed by atoms with E-state index in [0.717, 1.165) is 0 Å². The first-order chi connectivity index (χ1) is 7.87. The van der Waals surface area contributed by atoms with Crippen molar-refractivity contribution in [3.63, 3.8) is 0 Å². The predicted molar refractivity (Wildman–Crippen MR) is 60.4 cm³/mol. The lowest BCUT2D eigenvalue weighted by Gasteiger charge is -2.27. The highest BCUT2D eigenvalue weighted by molar-refractivity contribution is 5.69. The van der Waals surface area contributed by atoms with E-state index in [0.29, 0.717) is 13.0 Å². The fourth-order valence-corrected chi connectivity index (χ4v) is 1.81. The summed E-state index contributed by atoms with van der Waals surface area (Å²) in [6.45, 7) is 5.57. The number of likely N-dealkylation sites (tertiary alicyclic amines) is 1. The van der Waals surface area contributed by atoms with Gasteiger partial charge in [-0.3, -0.25) is 0 Å². The zero-order valence-corrected chi connectivity index (χ0v) is 10.4. The fourth-order valence-electron chi connectivity index (χ4n) is 1.81. The molecular formula is C10H19N4O3+. The molecule has 1 rings (SSSR count). The van der Waals surface area contributed by atoms with Gasteiger partial charge in [-0.25, -0.2) is 4.79 Å². The van der Waals surface area contributed by atoms with E-state index in [9.17, 15) is 9.90 Å². The lowest BCUT2D eigenvalue weighted by Crippen LogP contribution is -2.41. The second-order valence-electron chi connectivity index (χ2n) is 5.13. The van der Waals surface area contributed by atoms with Gasteiger partial charge in [-0.1, -0.05) is 0 Å². The molecular weight excluding hydrogens is 224 g/mol. The molecule has 0 spiro atoms. The van der Waals surface area contributed by atoms with Gasteiger partial charge in [-0.2, -0.15) is 0 Å². The maximum atomic E-state index is 11.9. The molecule has 7 nitrogen and oxygen atoms in total. The van der Waals surface area contributed by atoms with Crippen LogP contribution in [0.15, 0.2) is 0 Å². The van der Waals surface area contributed by atoms with Crippen molar-refractivity contribution in [1.29, 1.82) is 5.39 Å². The van der Waals surface area contributed by atoms with Crippen LogP contribution < -0.4 is 5.43 Å². The number of aliphatic hydroxyl groups excluding tert-OH is 1. The van der Waals surface area contributed by atoms with Gasteiger partial charge in [0.1, 0.15) is 11.6 Å². The highest BCUT2D eigenvalue weighted by atomic mass is 16.6.